The number of rotatable bonds is 9. The van der Waals surface area contributed by atoms with Gasteiger partial charge in [-0.1, -0.05) is 13.2 Å². The molecule has 0 saturated carbocycles. The third-order valence-corrected chi connectivity index (χ3v) is 5.17. The summed E-state index contributed by atoms with van der Waals surface area (Å²) in [5.74, 6) is 6.55. The molecule has 7 nitrogen and oxygen atoms in total. The van der Waals surface area contributed by atoms with Gasteiger partial charge in [0.2, 0.25) is 0 Å². The van der Waals surface area contributed by atoms with E-state index in [0.717, 1.165) is 48.7 Å². The van der Waals surface area contributed by atoms with Gasteiger partial charge in [0.25, 0.3) is 0 Å². The number of hydrazine groups is 1. The molecule has 1 aliphatic carbocycles. The maximum atomic E-state index is 5.89. The average Bonchev–Trinajstić information content (AvgIpc) is 2.72. The van der Waals surface area contributed by atoms with Crippen molar-refractivity contribution >= 4 is 6.34 Å². The van der Waals surface area contributed by atoms with Gasteiger partial charge < -0.3 is 25.5 Å². The van der Waals surface area contributed by atoms with E-state index >= 15 is 0 Å². The summed E-state index contributed by atoms with van der Waals surface area (Å²) in [6.45, 7) is 14.3. The Morgan fingerprint density at radius 1 is 1.38 bits per heavy atom. The summed E-state index contributed by atoms with van der Waals surface area (Å²) in [5.41, 5.74) is 11.6. The lowest BCUT2D eigenvalue weighted by atomic mass is 9.87. The van der Waals surface area contributed by atoms with Crippen LogP contribution in [0.1, 0.15) is 33.1 Å². The largest absolute Gasteiger partial charge is 0.495 e. The Bertz CT molecular complexity index is 721. The minimum atomic E-state index is -0.0884. The van der Waals surface area contributed by atoms with Crippen LogP contribution < -0.4 is 17.0 Å². The predicted octanol–water partition coefficient (Wildman–Crippen LogP) is 2.71. The summed E-state index contributed by atoms with van der Waals surface area (Å²) in [6.07, 6.45) is 10.2. The number of nitrogens with one attached hydrogen (secondary N) is 1. The Balaban J connectivity index is 2.21. The predicted molar refractivity (Wildman–Crippen MR) is 118 cm³/mol. The van der Waals surface area contributed by atoms with Crippen molar-refractivity contribution in [2.75, 3.05) is 20.2 Å². The molecular formula is C22H35N5O2. The Kier molecular flexibility index (Phi) is 8.54. The molecule has 0 bridgehead atoms. The second kappa shape index (κ2) is 10.9. The maximum absolute atomic E-state index is 5.89. The van der Waals surface area contributed by atoms with Crippen LogP contribution in [0.5, 0.6) is 0 Å². The summed E-state index contributed by atoms with van der Waals surface area (Å²) in [6, 6.07) is 0. The first-order valence-corrected chi connectivity index (χ1v) is 10.0. The number of nitrogens with two attached hydrogens (primary N) is 2. The molecular weight excluding hydrogens is 366 g/mol. The minimum absolute atomic E-state index is 0.0884. The molecule has 1 unspecified atom stereocenters. The number of piperidine rings is 1. The van der Waals surface area contributed by atoms with Gasteiger partial charge in [-0.05, 0) is 50.5 Å². The zero-order valence-electron chi connectivity index (χ0n) is 17.9. The van der Waals surface area contributed by atoms with Crippen LogP contribution in [0.4, 0.5) is 0 Å². The molecule has 0 aromatic heterocycles. The third-order valence-electron chi connectivity index (χ3n) is 5.17. The van der Waals surface area contributed by atoms with Crippen LogP contribution in [0.15, 0.2) is 64.8 Å². The van der Waals surface area contributed by atoms with Crippen LogP contribution in [0.3, 0.4) is 0 Å². The van der Waals surface area contributed by atoms with Crippen molar-refractivity contribution in [1.29, 1.82) is 0 Å². The molecule has 2 aliphatic rings. The van der Waals surface area contributed by atoms with Gasteiger partial charge >= 0.3 is 0 Å². The summed E-state index contributed by atoms with van der Waals surface area (Å²) in [7, 11) is 1.75. The van der Waals surface area contributed by atoms with Crippen molar-refractivity contribution in [3.63, 3.8) is 0 Å². The van der Waals surface area contributed by atoms with Crippen LogP contribution in [-0.4, -0.2) is 43.6 Å². The first-order valence-electron chi connectivity index (χ1n) is 10.0. The first-order chi connectivity index (χ1) is 13.9. The Morgan fingerprint density at radius 2 is 2.14 bits per heavy atom. The van der Waals surface area contributed by atoms with E-state index in [1.54, 1.807) is 7.11 Å². The van der Waals surface area contributed by atoms with E-state index in [0.29, 0.717) is 12.1 Å². The Labute approximate surface area is 174 Å². The summed E-state index contributed by atoms with van der Waals surface area (Å²) in [5, 5.41) is 0. The third kappa shape index (κ3) is 6.24. The van der Waals surface area contributed by atoms with Gasteiger partial charge in [0, 0.05) is 43.9 Å². The lowest BCUT2D eigenvalue weighted by Crippen LogP contribution is -2.38. The van der Waals surface area contributed by atoms with Crippen LogP contribution >= 0.6 is 0 Å². The highest BCUT2D eigenvalue weighted by Crippen LogP contribution is 2.34. The average molecular weight is 402 g/mol. The highest BCUT2D eigenvalue weighted by molar-refractivity contribution is 5.56. The molecule has 0 amide bonds. The molecule has 5 N–H and O–H groups in total. The van der Waals surface area contributed by atoms with Gasteiger partial charge in [0.1, 0.15) is 0 Å². The molecule has 160 valence electrons. The molecule has 0 radical (unpaired) electrons. The van der Waals surface area contributed by atoms with Crippen molar-refractivity contribution in [3.05, 3.63) is 59.8 Å². The first kappa shape index (κ1) is 22.8. The summed E-state index contributed by atoms with van der Waals surface area (Å²) < 4.78 is 11.4. The van der Waals surface area contributed by atoms with Crippen molar-refractivity contribution in [1.82, 2.24) is 10.3 Å². The number of aliphatic imine (C=N–C) groups is 1. The molecule has 0 spiro atoms. The smallest absolute Gasteiger partial charge is 0.0974 e. The number of nitrogens with zero attached hydrogens (tertiary/aromatic N) is 2. The van der Waals surface area contributed by atoms with Crippen molar-refractivity contribution < 1.29 is 9.47 Å². The van der Waals surface area contributed by atoms with Crippen LogP contribution in [-0.2, 0) is 9.47 Å². The summed E-state index contributed by atoms with van der Waals surface area (Å²) in [4.78, 5) is 6.58. The van der Waals surface area contributed by atoms with Crippen LogP contribution in [0.25, 0.3) is 0 Å². The molecule has 1 heterocycles. The number of hydrogen-bond donors (Lipinski definition) is 3. The van der Waals surface area contributed by atoms with E-state index in [2.05, 4.69) is 28.5 Å². The molecule has 2 rings (SSSR count). The van der Waals surface area contributed by atoms with Gasteiger partial charge in [-0.25, -0.2) is 4.99 Å². The molecule has 0 aromatic carbocycles. The topological polar surface area (TPSA) is 98.1 Å². The van der Waals surface area contributed by atoms with Crippen LogP contribution in [0.2, 0.25) is 0 Å². The lowest BCUT2D eigenvalue weighted by Gasteiger charge is -2.34. The number of allylic oxidation sites excluding steroid dienone is 6. The molecule has 29 heavy (non-hydrogen) atoms. The number of likely N-dealkylation sites (tertiary alicyclic amines) is 1. The second-order valence-electron chi connectivity index (χ2n) is 7.59. The SMILES string of the molecule is C=C(C(=C/C(=C)N1CCCC(OC)C1)/N=C\N)[C@H]1CC(OC(C)C)=CC=C1NN. The van der Waals surface area contributed by atoms with Crippen LogP contribution in [0, 0.1) is 5.92 Å². The van der Waals surface area contributed by atoms with Gasteiger partial charge in [0.15, 0.2) is 0 Å². The molecule has 1 aliphatic heterocycles. The second-order valence-corrected chi connectivity index (χ2v) is 7.59. The monoisotopic (exact) mass is 401 g/mol. The van der Waals surface area contributed by atoms with Crippen molar-refractivity contribution in [2.24, 2.45) is 22.5 Å². The Morgan fingerprint density at radius 3 is 2.76 bits per heavy atom. The zero-order chi connectivity index (χ0) is 21.4. The fourth-order valence-electron chi connectivity index (χ4n) is 3.64. The molecule has 7 heteroatoms. The normalized spacial score (nSPS) is 23.1. The molecule has 1 fully saturated rings. The van der Waals surface area contributed by atoms with E-state index in [1.165, 1.54) is 6.34 Å². The van der Waals surface area contributed by atoms with Crippen molar-refractivity contribution in [3.8, 4) is 0 Å². The number of ether oxygens (including phenoxy) is 2. The van der Waals surface area contributed by atoms with E-state index in [9.17, 15) is 0 Å². The molecule has 1 saturated heterocycles. The maximum Gasteiger partial charge on any atom is 0.0974 e. The fourth-order valence-corrected chi connectivity index (χ4v) is 3.64. The lowest BCUT2D eigenvalue weighted by molar-refractivity contribution is 0.0447. The van der Waals surface area contributed by atoms with E-state index < -0.39 is 0 Å². The highest BCUT2D eigenvalue weighted by atomic mass is 16.5. The molecule has 2 atom stereocenters. The highest BCUT2D eigenvalue weighted by Gasteiger charge is 2.26. The van der Waals surface area contributed by atoms with E-state index in [4.69, 9.17) is 21.1 Å². The standard InChI is InChI=1S/C22H35N5O2/c1-15(2)29-18-8-9-21(26-24)20(12-18)17(4)22(25-14-23)11-16(3)27-10-6-7-19(13-27)28-5/h8-9,11,14-15,19-20,26H,3-4,6-7,10,12-13,24H2,1-2,5H3,(H2,23,25)/b22-11-/t19?,20-/m1/s1. The summed E-state index contributed by atoms with van der Waals surface area (Å²) >= 11 is 0. The van der Waals surface area contributed by atoms with Gasteiger partial charge in [-0.2, -0.15) is 0 Å². The fraction of sp³-hybridized carbons (Fsp3) is 0.500. The van der Waals surface area contributed by atoms with Gasteiger partial charge in [-0.3, -0.25) is 5.84 Å². The van der Waals surface area contributed by atoms with Gasteiger partial charge in [-0.15, -0.1) is 0 Å². The van der Waals surface area contributed by atoms with Gasteiger partial charge in [0.05, 0.1) is 30.0 Å². The quantitative estimate of drug-likeness (QED) is 0.181. The molecule has 0 aromatic rings. The van der Waals surface area contributed by atoms with Crippen molar-refractivity contribution in [2.45, 2.75) is 45.3 Å². The van der Waals surface area contributed by atoms with E-state index in [-0.39, 0.29) is 18.1 Å². The minimum Gasteiger partial charge on any atom is -0.495 e. The Hall–Kier alpha value is -2.51. The van der Waals surface area contributed by atoms with E-state index in [1.807, 2.05) is 32.1 Å². The number of hydrogen-bond acceptors (Lipinski definition) is 6. The number of methoxy groups -OCH3 is 1. The zero-order valence-corrected chi connectivity index (χ0v) is 17.9.